The van der Waals surface area contributed by atoms with E-state index >= 15 is 0 Å². The largest absolute Gasteiger partial charge is 0.337 e. The number of aromatic nitrogens is 1. The normalized spacial score (nSPS) is 12.6. The number of nitrogens with zero attached hydrogens (tertiary/aromatic N) is 2. The molecule has 0 atom stereocenters. The van der Waals surface area contributed by atoms with E-state index in [1.54, 1.807) is 10.8 Å². The summed E-state index contributed by atoms with van der Waals surface area (Å²) in [6.07, 6.45) is 25.8. The number of hydrogen-bond donors (Lipinski definition) is 1. The van der Waals surface area contributed by atoms with Crippen LogP contribution in [0, 0.1) is 0 Å². The first kappa shape index (κ1) is 33.5. The molecule has 1 heterocycles. The third-order valence-corrected chi connectivity index (χ3v) is 7.98. The number of carbonyl (C=O) groups is 1. The fourth-order valence-electron chi connectivity index (χ4n) is 4.36. The van der Waals surface area contributed by atoms with Crippen molar-refractivity contribution < 1.29 is 18.0 Å². The number of allylic oxidation sites excluding steroid dienone is 6. The van der Waals surface area contributed by atoms with Crippen LogP contribution in [0.2, 0.25) is 0 Å². The van der Waals surface area contributed by atoms with E-state index in [-0.39, 0.29) is 11.7 Å². The zero-order valence-corrected chi connectivity index (χ0v) is 25.7. The molecular formula is C32H49N3O4S. The Hall–Kier alpha value is -2.68. The molecule has 0 amide bonds. The number of benzene rings is 1. The molecule has 1 N–H and O–H groups in total. The molecule has 40 heavy (non-hydrogen) atoms. The van der Waals surface area contributed by atoms with Gasteiger partial charge in [0.25, 0.3) is 0 Å². The van der Waals surface area contributed by atoms with Gasteiger partial charge < -0.3 is 9.74 Å². The highest BCUT2D eigenvalue weighted by Gasteiger charge is 2.15. The van der Waals surface area contributed by atoms with Crippen LogP contribution in [-0.2, 0) is 27.0 Å². The van der Waals surface area contributed by atoms with Crippen LogP contribution in [0.5, 0.6) is 0 Å². The Bertz CT molecular complexity index is 1230. The number of rotatable bonds is 20. The first-order valence-electron chi connectivity index (χ1n) is 14.6. The smallest absolute Gasteiger partial charge is 0.332 e. The third-order valence-electron chi connectivity index (χ3n) is 6.65. The van der Waals surface area contributed by atoms with E-state index in [0.717, 1.165) is 74.4 Å². The Balaban J connectivity index is 1.78. The van der Waals surface area contributed by atoms with Gasteiger partial charge in [0.05, 0.1) is 11.3 Å². The summed E-state index contributed by atoms with van der Waals surface area (Å²) in [6, 6.07) is 5.49. The Morgan fingerprint density at radius 1 is 0.975 bits per heavy atom. The lowest BCUT2D eigenvalue weighted by molar-refractivity contribution is -0.143. The van der Waals surface area contributed by atoms with Gasteiger partial charge in [0.1, 0.15) is 0 Å². The Morgan fingerprint density at radius 3 is 2.35 bits per heavy atom. The molecule has 222 valence electrons. The molecule has 0 aliphatic rings. The number of carbonyl (C=O) groups excluding carboxylic acids is 1. The van der Waals surface area contributed by atoms with Crippen molar-refractivity contribution in [2.75, 3.05) is 27.7 Å². The molecule has 8 heteroatoms. The summed E-state index contributed by atoms with van der Waals surface area (Å²) < 4.78 is 28.0. The summed E-state index contributed by atoms with van der Waals surface area (Å²) in [5.74, 6) is -0.346. The summed E-state index contributed by atoms with van der Waals surface area (Å²) in [5, 5.41) is 0.910. The summed E-state index contributed by atoms with van der Waals surface area (Å²) in [7, 11) is 2.05. The molecule has 0 bridgehead atoms. The molecule has 1 aromatic carbocycles. The van der Waals surface area contributed by atoms with Gasteiger partial charge in [-0.3, -0.25) is 0 Å². The van der Waals surface area contributed by atoms with E-state index in [1.165, 1.54) is 19.9 Å². The predicted octanol–water partition coefficient (Wildman–Crippen LogP) is 6.34. The molecule has 0 saturated carbocycles. The minimum absolute atomic E-state index is 0.0949. The van der Waals surface area contributed by atoms with Crippen molar-refractivity contribution in [3.63, 3.8) is 0 Å². The van der Waals surface area contributed by atoms with Gasteiger partial charge in [-0.2, -0.15) is 4.73 Å². The monoisotopic (exact) mass is 571 g/mol. The van der Waals surface area contributed by atoms with Crippen molar-refractivity contribution in [3.05, 3.63) is 72.0 Å². The van der Waals surface area contributed by atoms with Crippen LogP contribution in [0.25, 0.3) is 10.9 Å². The number of likely N-dealkylation sites (N-methyl/N-ethyl adjacent to an activating group) is 1. The summed E-state index contributed by atoms with van der Waals surface area (Å²) in [5.41, 5.74) is 2.49. The lowest BCUT2D eigenvalue weighted by Gasteiger charge is -2.08. The van der Waals surface area contributed by atoms with Crippen LogP contribution in [0.3, 0.4) is 0 Å². The average Bonchev–Trinajstić information content (AvgIpc) is 3.25. The van der Waals surface area contributed by atoms with Crippen molar-refractivity contribution >= 4 is 26.9 Å². The third kappa shape index (κ3) is 13.1. The van der Waals surface area contributed by atoms with Gasteiger partial charge in [0, 0.05) is 24.5 Å². The van der Waals surface area contributed by atoms with Crippen LogP contribution in [0.15, 0.2) is 60.9 Å². The van der Waals surface area contributed by atoms with Crippen molar-refractivity contribution in [1.82, 2.24) is 14.4 Å². The lowest BCUT2D eigenvalue weighted by atomic mass is 10.1. The van der Waals surface area contributed by atoms with Gasteiger partial charge in [0.15, 0.2) is 0 Å². The number of sulfonamides is 1. The van der Waals surface area contributed by atoms with Gasteiger partial charge in [-0.25, -0.2) is 17.9 Å². The highest BCUT2D eigenvalue weighted by Crippen LogP contribution is 2.24. The highest BCUT2D eigenvalue weighted by molar-refractivity contribution is 7.88. The summed E-state index contributed by atoms with van der Waals surface area (Å²) >= 11 is 0. The minimum Gasteiger partial charge on any atom is -0.337 e. The SMILES string of the molecule is CC/C=C\C/C=C\C/C=C\CCCCCCCC(=O)On1cc(CCN(C)C)c2cc(CS(=O)(=O)NC)ccc21. The molecule has 0 radical (unpaired) electrons. The van der Waals surface area contributed by atoms with Crippen molar-refractivity contribution in [2.45, 2.75) is 83.3 Å². The van der Waals surface area contributed by atoms with Crippen LogP contribution in [0.4, 0.5) is 0 Å². The van der Waals surface area contributed by atoms with Gasteiger partial charge in [-0.15, -0.1) is 0 Å². The fourth-order valence-corrected chi connectivity index (χ4v) is 5.12. The van der Waals surface area contributed by atoms with E-state index in [9.17, 15) is 13.2 Å². The van der Waals surface area contributed by atoms with Crippen molar-refractivity contribution in [2.24, 2.45) is 0 Å². The molecule has 0 aliphatic heterocycles. The van der Waals surface area contributed by atoms with Gasteiger partial charge in [-0.05, 0) is 89.3 Å². The fraction of sp³-hybridized carbons (Fsp3) is 0.531. The molecule has 7 nitrogen and oxygen atoms in total. The Kier molecular flexibility index (Phi) is 15.6. The molecule has 0 spiro atoms. The summed E-state index contributed by atoms with van der Waals surface area (Å²) in [4.78, 5) is 20.4. The second kappa shape index (κ2) is 18.6. The number of unbranched alkanes of at least 4 members (excludes halogenated alkanes) is 5. The standard InChI is InChI=1S/C32H49N3O4S/c1-5-6-7-8-9-10-11-12-13-14-15-16-17-18-19-20-32(36)39-35-26-29(23-24-34(3)4)30-25-28(21-22-31(30)35)27-40(37,38)33-2/h6-7,9-10,12-13,21-22,25-26,33H,5,8,11,14-20,23-24,27H2,1-4H3/b7-6-,10-9-,13-12-. The zero-order valence-electron chi connectivity index (χ0n) is 24.9. The Morgan fingerprint density at radius 2 is 1.65 bits per heavy atom. The first-order valence-corrected chi connectivity index (χ1v) is 16.3. The topological polar surface area (TPSA) is 80.6 Å². The highest BCUT2D eigenvalue weighted by atomic mass is 32.2. The van der Waals surface area contributed by atoms with E-state index < -0.39 is 10.0 Å². The Labute approximate surface area is 242 Å². The average molecular weight is 572 g/mol. The number of fused-ring (bicyclic) bond motifs is 1. The van der Waals surface area contributed by atoms with E-state index in [1.807, 2.05) is 32.4 Å². The number of nitrogens with one attached hydrogen (secondary N) is 1. The quantitative estimate of drug-likeness (QED) is 0.148. The van der Waals surface area contributed by atoms with Crippen molar-refractivity contribution in [1.29, 1.82) is 0 Å². The van der Waals surface area contributed by atoms with E-state index in [0.29, 0.717) is 12.0 Å². The minimum atomic E-state index is -3.38. The summed E-state index contributed by atoms with van der Waals surface area (Å²) in [6.45, 7) is 2.98. The second-order valence-corrected chi connectivity index (χ2v) is 12.3. The molecule has 0 aliphatic carbocycles. The molecule has 0 unspecified atom stereocenters. The molecular weight excluding hydrogens is 522 g/mol. The lowest BCUT2D eigenvalue weighted by Crippen LogP contribution is -2.20. The predicted molar refractivity (Wildman–Crippen MR) is 167 cm³/mol. The molecule has 2 aromatic rings. The maximum atomic E-state index is 12.6. The second-order valence-electron chi connectivity index (χ2n) is 10.4. The van der Waals surface area contributed by atoms with Gasteiger partial charge in [-0.1, -0.05) is 68.7 Å². The van der Waals surface area contributed by atoms with Crippen LogP contribution >= 0.6 is 0 Å². The first-order chi connectivity index (χ1) is 19.3. The van der Waals surface area contributed by atoms with Crippen LogP contribution < -0.4 is 9.56 Å². The van der Waals surface area contributed by atoms with E-state index in [4.69, 9.17) is 4.84 Å². The number of hydrogen-bond acceptors (Lipinski definition) is 5. The van der Waals surface area contributed by atoms with Gasteiger partial charge >= 0.3 is 5.97 Å². The van der Waals surface area contributed by atoms with Crippen LogP contribution in [0.1, 0.15) is 82.3 Å². The van der Waals surface area contributed by atoms with Crippen molar-refractivity contribution in [3.8, 4) is 0 Å². The zero-order chi connectivity index (χ0) is 29.2. The molecule has 0 fully saturated rings. The van der Waals surface area contributed by atoms with E-state index in [2.05, 4.69) is 53.0 Å². The molecule has 0 saturated heterocycles. The maximum absolute atomic E-state index is 12.6. The molecule has 1 aromatic heterocycles. The molecule has 2 rings (SSSR count). The van der Waals surface area contributed by atoms with Gasteiger partial charge in [0.2, 0.25) is 10.0 Å². The van der Waals surface area contributed by atoms with Crippen LogP contribution in [-0.4, -0.2) is 51.7 Å². The maximum Gasteiger partial charge on any atom is 0.332 e.